The first-order valence-corrected chi connectivity index (χ1v) is 16.7. The zero-order valence-corrected chi connectivity index (χ0v) is 26.6. The summed E-state index contributed by atoms with van der Waals surface area (Å²) in [6.45, 7) is 8.60. The van der Waals surface area contributed by atoms with Crippen molar-refractivity contribution < 1.29 is 19.1 Å². The van der Waals surface area contributed by atoms with Crippen LogP contribution in [0.3, 0.4) is 0 Å². The zero-order chi connectivity index (χ0) is 28.8. The Bertz CT molecular complexity index is 502. The summed E-state index contributed by atoms with van der Waals surface area (Å²) in [5, 5.41) is 0. The first-order chi connectivity index (χ1) is 19.0. The van der Waals surface area contributed by atoms with Crippen LogP contribution in [-0.2, 0) is 19.1 Å². The van der Waals surface area contributed by atoms with Gasteiger partial charge >= 0.3 is 11.9 Å². The number of esters is 2. The second-order valence-corrected chi connectivity index (χ2v) is 11.6. The molecule has 0 saturated heterocycles. The van der Waals surface area contributed by atoms with E-state index in [9.17, 15) is 9.59 Å². The third kappa shape index (κ3) is 29.7. The maximum absolute atomic E-state index is 12.1. The fourth-order valence-corrected chi connectivity index (χ4v) is 4.83. The molecule has 0 aliphatic carbocycles. The van der Waals surface area contributed by atoms with Crippen molar-refractivity contribution in [1.82, 2.24) is 9.80 Å². The van der Waals surface area contributed by atoms with Crippen molar-refractivity contribution in [3.8, 4) is 0 Å². The van der Waals surface area contributed by atoms with E-state index >= 15 is 0 Å². The van der Waals surface area contributed by atoms with Gasteiger partial charge in [-0.05, 0) is 46.4 Å². The van der Waals surface area contributed by atoms with Gasteiger partial charge in [0.2, 0.25) is 0 Å². The van der Waals surface area contributed by atoms with Gasteiger partial charge in [0.05, 0.1) is 0 Å². The highest BCUT2D eigenvalue weighted by Gasteiger charge is 2.10. The van der Waals surface area contributed by atoms with Crippen LogP contribution in [0.25, 0.3) is 0 Å². The lowest BCUT2D eigenvalue weighted by molar-refractivity contribution is -0.144. The molecule has 0 fully saturated rings. The topological polar surface area (TPSA) is 59.1 Å². The first-order valence-electron chi connectivity index (χ1n) is 16.7. The van der Waals surface area contributed by atoms with Crippen molar-refractivity contribution in [2.24, 2.45) is 0 Å². The minimum atomic E-state index is -0.0847. The highest BCUT2D eigenvalue weighted by Crippen LogP contribution is 2.12. The van der Waals surface area contributed by atoms with Crippen molar-refractivity contribution in [2.75, 3.05) is 53.5 Å². The number of nitrogens with zero attached hydrogens (tertiary/aromatic N) is 2. The van der Waals surface area contributed by atoms with Gasteiger partial charge in [0.25, 0.3) is 0 Å². The lowest BCUT2D eigenvalue weighted by Gasteiger charge is -2.23. The van der Waals surface area contributed by atoms with E-state index in [2.05, 4.69) is 37.7 Å². The van der Waals surface area contributed by atoms with E-state index in [0.717, 1.165) is 45.2 Å². The molecule has 0 rings (SSSR count). The fraction of sp³-hybridized carbons (Fsp3) is 0.939. The lowest BCUT2D eigenvalue weighted by Crippen LogP contribution is -2.34. The van der Waals surface area contributed by atoms with Gasteiger partial charge in [0, 0.05) is 25.9 Å². The second-order valence-electron chi connectivity index (χ2n) is 11.6. The maximum Gasteiger partial charge on any atom is 0.305 e. The van der Waals surface area contributed by atoms with Gasteiger partial charge in [-0.1, -0.05) is 117 Å². The van der Waals surface area contributed by atoms with Crippen LogP contribution in [-0.4, -0.2) is 75.2 Å². The number of carbonyl (C=O) groups is 2. The van der Waals surface area contributed by atoms with Crippen molar-refractivity contribution in [3.63, 3.8) is 0 Å². The quantitative estimate of drug-likeness (QED) is 0.0659. The Hall–Kier alpha value is -1.14. The van der Waals surface area contributed by atoms with Crippen LogP contribution in [0.2, 0.25) is 0 Å². The van der Waals surface area contributed by atoms with E-state index in [1.54, 1.807) is 0 Å². The van der Waals surface area contributed by atoms with Crippen LogP contribution in [0.5, 0.6) is 0 Å². The van der Waals surface area contributed by atoms with Crippen LogP contribution < -0.4 is 0 Å². The number of hydrogen-bond acceptors (Lipinski definition) is 6. The molecule has 0 aliphatic heterocycles. The van der Waals surface area contributed by atoms with E-state index < -0.39 is 0 Å². The molecule has 0 aromatic carbocycles. The van der Waals surface area contributed by atoms with Crippen LogP contribution in [0, 0.1) is 0 Å². The average Bonchev–Trinajstić information content (AvgIpc) is 2.90. The highest BCUT2D eigenvalue weighted by molar-refractivity contribution is 5.69. The molecule has 6 heteroatoms. The predicted molar refractivity (Wildman–Crippen MR) is 165 cm³/mol. The Balaban J connectivity index is 3.95. The largest absolute Gasteiger partial charge is 0.464 e. The molecule has 0 aliphatic rings. The molecular weight excluding hydrogens is 488 g/mol. The molecule has 6 nitrogen and oxygen atoms in total. The fourth-order valence-electron chi connectivity index (χ4n) is 4.83. The Morgan fingerprint density at radius 2 is 0.821 bits per heavy atom. The van der Waals surface area contributed by atoms with Crippen molar-refractivity contribution in [3.05, 3.63) is 0 Å². The van der Waals surface area contributed by atoms with Gasteiger partial charge in [-0.25, -0.2) is 0 Å². The molecule has 0 aromatic rings. The number of carbonyl (C=O) groups excluding carboxylic acids is 2. The van der Waals surface area contributed by atoms with E-state index in [0.29, 0.717) is 39.1 Å². The molecule has 0 radical (unpaired) electrons. The van der Waals surface area contributed by atoms with Gasteiger partial charge in [-0.2, -0.15) is 0 Å². The molecule has 0 aromatic heterocycles. The second kappa shape index (κ2) is 29.8. The molecule has 39 heavy (non-hydrogen) atoms. The van der Waals surface area contributed by atoms with Gasteiger partial charge in [-0.15, -0.1) is 0 Å². The van der Waals surface area contributed by atoms with Gasteiger partial charge in [0.15, 0.2) is 0 Å². The summed E-state index contributed by atoms with van der Waals surface area (Å²) in [6.07, 6.45) is 24.5. The third-order valence-electron chi connectivity index (χ3n) is 7.39. The van der Waals surface area contributed by atoms with E-state index in [1.165, 1.54) is 89.9 Å². The molecule has 0 spiro atoms. The van der Waals surface area contributed by atoms with Crippen LogP contribution in [0.1, 0.15) is 149 Å². The monoisotopic (exact) mass is 555 g/mol. The summed E-state index contributed by atoms with van der Waals surface area (Å²) in [5.41, 5.74) is 0. The number of rotatable bonds is 30. The normalized spacial score (nSPS) is 11.4. The van der Waals surface area contributed by atoms with Crippen molar-refractivity contribution >= 4 is 11.9 Å². The maximum atomic E-state index is 12.1. The summed E-state index contributed by atoms with van der Waals surface area (Å²) in [6, 6.07) is 0. The molecule has 0 bridgehead atoms. The standard InChI is InChI=1S/C33H66N2O4/c1-5-7-9-11-13-15-17-19-21-24-32(36)38-30-28-35(27-23-26-34(3)4)29-31-39-33(37)25-22-20-18-16-14-12-10-8-6-2/h5-31H2,1-4H3. The molecule has 0 unspecified atom stereocenters. The summed E-state index contributed by atoms with van der Waals surface area (Å²) in [5.74, 6) is -0.169. The molecule has 0 saturated carbocycles. The number of hydrogen-bond donors (Lipinski definition) is 0. The molecule has 0 heterocycles. The molecule has 0 atom stereocenters. The van der Waals surface area contributed by atoms with Gasteiger partial charge in [-0.3, -0.25) is 14.5 Å². The summed E-state index contributed by atoms with van der Waals surface area (Å²) in [7, 11) is 4.15. The van der Waals surface area contributed by atoms with Crippen molar-refractivity contribution in [2.45, 2.75) is 149 Å². The van der Waals surface area contributed by atoms with E-state index in [-0.39, 0.29) is 11.9 Å². The van der Waals surface area contributed by atoms with Crippen LogP contribution >= 0.6 is 0 Å². The number of unbranched alkanes of at least 4 members (excludes halogenated alkanes) is 16. The number of ether oxygens (including phenoxy) is 2. The van der Waals surface area contributed by atoms with E-state index in [4.69, 9.17) is 9.47 Å². The molecule has 0 amide bonds. The molecule has 0 N–H and O–H groups in total. The summed E-state index contributed by atoms with van der Waals surface area (Å²) < 4.78 is 11.0. The van der Waals surface area contributed by atoms with Gasteiger partial charge < -0.3 is 14.4 Å². The Morgan fingerprint density at radius 3 is 1.18 bits per heavy atom. The first kappa shape index (κ1) is 37.9. The molecular formula is C33H66N2O4. The smallest absolute Gasteiger partial charge is 0.305 e. The van der Waals surface area contributed by atoms with Crippen LogP contribution in [0.4, 0.5) is 0 Å². The minimum absolute atomic E-state index is 0.0847. The summed E-state index contributed by atoms with van der Waals surface area (Å²) in [4.78, 5) is 28.7. The predicted octanol–water partition coefficient (Wildman–Crippen LogP) is 8.17. The Morgan fingerprint density at radius 1 is 0.462 bits per heavy atom. The Labute approximate surface area is 242 Å². The minimum Gasteiger partial charge on any atom is -0.464 e. The Kier molecular flexibility index (Phi) is 29.0. The average molecular weight is 555 g/mol. The van der Waals surface area contributed by atoms with Crippen molar-refractivity contribution in [1.29, 1.82) is 0 Å². The highest BCUT2D eigenvalue weighted by atomic mass is 16.5. The van der Waals surface area contributed by atoms with Crippen LogP contribution in [0.15, 0.2) is 0 Å². The SMILES string of the molecule is CCCCCCCCCCCC(=O)OCCN(CCCN(C)C)CCOC(=O)CCCCCCCCCCC. The van der Waals surface area contributed by atoms with E-state index in [1.807, 2.05) is 0 Å². The zero-order valence-electron chi connectivity index (χ0n) is 26.6. The third-order valence-corrected chi connectivity index (χ3v) is 7.39. The lowest BCUT2D eigenvalue weighted by atomic mass is 10.1. The summed E-state index contributed by atoms with van der Waals surface area (Å²) >= 11 is 0. The molecule has 232 valence electrons. The van der Waals surface area contributed by atoms with Gasteiger partial charge in [0.1, 0.15) is 13.2 Å².